The highest BCUT2D eigenvalue weighted by Crippen LogP contribution is 1.79. The maximum absolute atomic E-state index is 5.19. The summed E-state index contributed by atoms with van der Waals surface area (Å²) in [5.41, 5.74) is 5.19. The number of amidine groups is 1. The van der Waals surface area contributed by atoms with Crippen LogP contribution in [0.15, 0.2) is 10.2 Å². The lowest BCUT2D eigenvalue weighted by Gasteiger charge is -2.02. The zero-order valence-corrected chi connectivity index (χ0v) is 5.13. The molecule has 0 aromatic carbocycles. The van der Waals surface area contributed by atoms with Crippen molar-refractivity contribution in [3.8, 4) is 0 Å². The van der Waals surface area contributed by atoms with E-state index in [4.69, 9.17) is 5.73 Å². The van der Waals surface area contributed by atoms with Crippen LogP contribution in [0.3, 0.4) is 0 Å². The van der Waals surface area contributed by atoms with Crippen molar-refractivity contribution >= 4 is 12.6 Å². The SMILES string of the molecule is C=NN(C)/N=C(/C)N. The topological polar surface area (TPSA) is 54.0 Å². The summed E-state index contributed by atoms with van der Waals surface area (Å²) in [7, 11) is 1.66. The average molecular weight is 114 g/mol. The first-order valence-electron chi connectivity index (χ1n) is 2.18. The van der Waals surface area contributed by atoms with E-state index < -0.39 is 0 Å². The third-order valence-corrected chi connectivity index (χ3v) is 0.507. The highest BCUT2D eigenvalue weighted by molar-refractivity contribution is 5.77. The third kappa shape index (κ3) is 3.14. The molecule has 0 unspecified atom stereocenters. The molecule has 8 heavy (non-hydrogen) atoms. The van der Waals surface area contributed by atoms with Gasteiger partial charge in [-0.1, -0.05) is 0 Å². The third-order valence-electron chi connectivity index (χ3n) is 0.507. The molecule has 0 spiro atoms. The van der Waals surface area contributed by atoms with Crippen molar-refractivity contribution in [2.45, 2.75) is 6.92 Å². The summed E-state index contributed by atoms with van der Waals surface area (Å²) in [6.45, 7) is 4.91. The van der Waals surface area contributed by atoms with Crippen LogP contribution in [0, 0.1) is 0 Å². The Balaban J connectivity index is 3.68. The molecule has 0 heterocycles. The molecule has 0 aliphatic heterocycles. The van der Waals surface area contributed by atoms with Gasteiger partial charge in [-0.3, -0.25) is 0 Å². The van der Waals surface area contributed by atoms with Gasteiger partial charge in [0.2, 0.25) is 0 Å². The van der Waals surface area contributed by atoms with Crippen molar-refractivity contribution in [1.82, 2.24) is 5.12 Å². The van der Waals surface area contributed by atoms with Crippen LogP contribution < -0.4 is 5.73 Å². The average Bonchev–Trinajstić information content (AvgIpc) is 1.65. The molecule has 0 aliphatic carbocycles. The van der Waals surface area contributed by atoms with Crippen LogP contribution in [0.5, 0.6) is 0 Å². The predicted molar refractivity (Wildman–Crippen MR) is 34.6 cm³/mol. The van der Waals surface area contributed by atoms with Gasteiger partial charge in [-0.05, 0) is 6.92 Å². The van der Waals surface area contributed by atoms with Crippen LogP contribution in [-0.4, -0.2) is 24.7 Å². The maximum atomic E-state index is 5.19. The summed E-state index contributed by atoms with van der Waals surface area (Å²) in [6, 6.07) is 0. The number of rotatable bonds is 2. The Morgan fingerprint density at radius 2 is 2.25 bits per heavy atom. The maximum Gasteiger partial charge on any atom is 0.118 e. The lowest BCUT2D eigenvalue weighted by Crippen LogP contribution is -2.12. The second kappa shape index (κ2) is 3.01. The van der Waals surface area contributed by atoms with E-state index in [2.05, 4.69) is 16.9 Å². The van der Waals surface area contributed by atoms with E-state index >= 15 is 0 Å². The highest BCUT2D eigenvalue weighted by atomic mass is 15.6. The summed E-state index contributed by atoms with van der Waals surface area (Å²) in [6.07, 6.45) is 0. The molecule has 0 aromatic heterocycles. The van der Waals surface area contributed by atoms with Crippen LogP contribution in [0.2, 0.25) is 0 Å². The summed E-state index contributed by atoms with van der Waals surface area (Å²) in [5.74, 6) is 0.472. The second-order valence-corrected chi connectivity index (χ2v) is 1.37. The molecule has 4 nitrogen and oxygen atoms in total. The molecule has 46 valence electrons. The number of hydrogen-bond acceptors (Lipinski definition) is 3. The molecular formula is C4H10N4. The molecular weight excluding hydrogens is 104 g/mol. The molecule has 4 heteroatoms. The predicted octanol–water partition coefficient (Wildman–Crippen LogP) is -0.174. The van der Waals surface area contributed by atoms with E-state index in [1.165, 1.54) is 5.12 Å². The van der Waals surface area contributed by atoms with Crippen molar-refractivity contribution in [2.75, 3.05) is 7.05 Å². The molecule has 0 atom stereocenters. The fraction of sp³-hybridized carbons (Fsp3) is 0.500. The van der Waals surface area contributed by atoms with Crippen LogP contribution in [0.1, 0.15) is 6.92 Å². The standard InChI is InChI=1S/C4H10N4/c1-4(5)7-8(3)6-2/h2H2,1,3H3,(H2,5,7). The van der Waals surface area contributed by atoms with Crippen molar-refractivity contribution < 1.29 is 0 Å². The Hall–Kier alpha value is -1.06. The van der Waals surface area contributed by atoms with Gasteiger partial charge in [0, 0.05) is 13.8 Å². The fourth-order valence-corrected chi connectivity index (χ4v) is 0.260. The second-order valence-electron chi connectivity index (χ2n) is 1.37. The molecule has 0 fully saturated rings. The summed E-state index contributed by atoms with van der Waals surface area (Å²) >= 11 is 0. The van der Waals surface area contributed by atoms with Gasteiger partial charge in [-0.25, -0.2) is 0 Å². The molecule has 0 saturated carbocycles. The first kappa shape index (κ1) is 6.94. The van der Waals surface area contributed by atoms with E-state index in [9.17, 15) is 0 Å². The molecule has 0 saturated heterocycles. The van der Waals surface area contributed by atoms with E-state index in [-0.39, 0.29) is 0 Å². The van der Waals surface area contributed by atoms with Crippen LogP contribution >= 0.6 is 0 Å². The molecule has 0 aromatic rings. The quantitative estimate of drug-likeness (QED) is 0.308. The van der Waals surface area contributed by atoms with E-state index in [1.807, 2.05) is 0 Å². The van der Waals surface area contributed by atoms with Gasteiger partial charge in [-0.2, -0.15) is 10.2 Å². The van der Waals surface area contributed by atoms with Gasteiger partial charge in [0.1, 0.15) is 5.84 Å². The summed E-state index contributed by atoms with van der Waals surface area (Å²) in [5, 5.41) is 8.44. The fourth-order valence-electron chi connectivity index (χ4n) is 0.260. The van der Waals surface area contributed by atoms with Crippen LogP contribution in [-0.2, 0) is 0 Å². The van der Waals surface area contributed by atoms with Gasteiger partial charge in [0.15, 0.2) is 0 Å². The monoisotopic (exact) mass is 114 g/mol. The van der Waals surface area contributed by atoms with Crippen LogP contribution in [0.4, 0.5) is 0 Å². The Kier molecular flexibility index (Phi) is 2.61. The minimum Gasteiger partial charge on any atom is -0.386 e. The largest absolute Gasteiger partial charge is 0.386 e. The van der Waals surface area contributed by atoms with Crippen molar-refractivity contribution in [3.63, 3.8) is 0 Å². The lowest BCUT2D eigenvalue weighted by molar-refractivity contribution is 0.380. The number of nitrogens with two attached hydrogens (primary N) is 1. The molecule has 2 N–H and O–H groups in total. The van der Waals surface area contributed by atoms with Gasteiger partial charge >= 0.3 is 0 Å². The van der Waals surface area contributed by atoms with Crippen molar-refractivity contribution in [3.05, 3.63) is 0 Å². The molecule has 0 radical (unpaired) electrons. The minimum absolute atomic E-state index is 0.472. The summed E-state index contributed by atoms with van der Waals surface area (Å²) in [4.78, 5) is 0. The Labute approximate surface area is 48.7 Å². The van der Waals surface area contributed by atoms with E-state index in [1.54, 1.807) is 14.0 Å². The molecule has 0 aliphatic rings. The molecule has 0 amide bonds. The number of hydrazone groups is 2. The van der Waals surface area contributed by atoms with E-state index in [0.29, 0.717) is 5.84 Å². The number of hydrogen-bond donors (Lipinski definition) is 1. The smallest absolute Gasteiger partial charge is 0.118 e. The Morgan fingerprint density at radius 3 is 2.38 bits per heavy atom. The zero-order chi connectivity index (χ0) is 6.57. The minimum atomic E-state index is 0.472. The Morgan fingerprint density at radius 1 is 1.75 bits per heavy atom. The highest BCUT2D eigenvalue weighted by Gasteiger charge is 1.81. The van der Waals surface area contributed by atoms with Crippen molar-refractivity contribution in [1.29, 1.82) is 0 Å². The first-order chi connectivity index (χ1) is 3.66. The van der Waals surface area contributed by atoms with Gasteiger partial charge in [-0.15, -0.1) is 5.10 Å². The first-order valence-corrected chi connectivity index (χ1v) is 2.18. The normalized spacial score (nSPS) is 11.0. The van der Waals surface area contributed by atoms with Gasteiger partial charge in [0.25, 0.3) is 0 Å². The molecule has 0 bridgehead atoms. The van der Waals surface area contributed by atoms with Gasteiger partial charge in [0.05, 0.1) is 0 Å². The Bertz CT molecular complexity index is 103. The van der Waals surface area contributed by atoms with Crippen LogP contribution in [0.25, 0.3) is 0 Å². The zero-order valence-electron chi connectivity index (χ0n) is 5.13. The van der Waals surface area contributed by atoms with Gasteiger partial charge < -0.3 is 5.73 Å². The molecule has 0 rings (SSSR count). The van der Waals surface area contributed by atoms with E-state index in [0.717, 1.165) is 0 Å². The van der Waals surface area contributed by atoms with Crippen molar-refractivity contribution in [2.24, 2.45) is 15.9 Å². The lowest BCUT2D eigenvalue weighted by atomic mass is 10.7. The summed E-state index contributed by atoms with van der Waals surface area (Å²) < 4.78 is 0. The number of nitrogens with zero attached hydrogens (tertiary/aromatic N) is 3.